The third-order valence-electron chi connectivity index (χ3n) is 2.02. The predicted molar refractivity (Wildman–Crippen MR) is 61.4 cm³/mol. The van der Waals surface area contributed by atoms with Gasteiger partial charge in [0.25, 0.3) is 0 Å². The molecule has 0 saturated heterocycles. The molecule has 1 aromatic carbocycles. The highest BCUT2D eigenvalue weighted by Gasteiger charge is 1.96. The number of benzene rings is 1. The summed E-state index contributed by atoms with van der Waals surface area (Å²) in [6.45, 7) is 2.00. The lowest BCUT2D eigenvalue weighted by Crippen LogP contribution is -2.14. The molecule has 0 aliphatic carbocycles. The average Bonchev–Trinajstić information content (AvgIpc) is 2.26. The van der Waals surface area contributed by atoms with E-state index in [0.29, 0.717) is 5.82 Å². The Morgan fingerprint density at radius 1 is 1.29 bits per heavy atom. The van der Waals surface area contributed by atoms with Gasteiger partial charge in [0.1, 0.15) is 0 Å². The van der Waals surface area contributed by atoms with Crippen LogP contribution in [0.5, 0.6) is 0 Å². The summed E-state index contributed by atoms with van der Waals surface area (Å²) in [5.74, 6) is 0.668. The lowest BCUT2D eigenvalue weighted by molar-refractivity contribution is 0.966. The highest BCUT2D eigenvalue weighted by molar-refractivity contribution is 5.74. The quantitative estimate of drug-likeness (QED) is 0.713. The van der Waals surface area contributed by atoms with Gasteiger partial charge in [-0.05, 0) is 24.1 Å². The number of hydrogen-bond acceptors (Lipinski definition) is 2. The zero-order valence-corrected chi connectivity index (χ0v) is 8.62. The van der Waals surface area contributed by atoms with Crippen LogP contribution in [0.1, 0.15) is 12.5 Å². The second-order valence-corrected chi connectivity index (χ2v) is 2.96. The first-order valence-electron chi connectivity index (χ1n) is 4.64. The number of allylic oxidation sites excluding steroid dienone is 3. The third kappa shape index (κ3) is 2.66. The largest absolute Gasteiger partial charge is 0.386 e. The Morgan fingerprint density at radius 3 is 2.43 bits per heavy atom. The van der Waals surface area contributed by atoms with Gasteiger partial charge in [0.2, 0.25) is 0 Å². The lowest BCUT2D eigenvalue weighted by atomic mass is 10.1. The standard InChI is InChI=1S/C12H16N2/c1-3-10(9-12(13)14-2)11-7-5-4-6-8-11/h3-9,14H,13H2,1-2H3/b10-3+,12-9-. The second-order valence-electron chi connectivity index (χ2n) is 2.96. The summed E-state index contributed by atoms with van der Waals surface area (Å²) in [6, 6.07) is 10.2. The van der Waals surface area contributed by atoms with Gasteiger partial charge in [-0.1, -0.05) is 36.4 Å². The normalized spacial score (nSPS) is 12.7. The monoisotopic (exact) mass is 188 g/mol. The van der Waals surface area contributed by atoms with Crippen LogP contribution >= 0.6 is 0 Å². The van der Waals surface area contributed by atoms with Crippen LogP contribution in [-0.4, -0.2) is 7.05 Å². The molecule has 0 atom stereocenters. The van der Waals surface area contributed by atoms with Gasteiger partial charge in [0.05, 0.1) is 5.82 Å². The molecule has 0 bridgehead atoms. The molecule has 14 heavy (non-hydrogen) atoms. The molecule has 0 spiro atoms. The van der Waals surface area contributed by atoms with E-state index < -0.39 is 0 Å². The van der Waals surface area contributed by atoms with Crippen molar-refractivity contribution in [1.82, 2.24) is 5.32 Å². The molecule has 0 saturated carbocycles. The molecule has 74 valence electrons. The van der Waals surface area contributed by atoms with Crippen molar-refractivity contribution in [3.63, 3.8) is 0 Å². The highest BCUT2D eigenvalue weighted by atomic mass is 14.9. The topological polar surface area (TPSA) is 38.0 Å². The Hall–Kier alpha value is -1.70. The molecule has 0 aliphatic heterocycles. The zero-order chi connectivity index (χ0) is 10.4. The maximum atomic E-state index is 5.70. The first kappa shape index (κ1) is 10.4. The Bertz CT molecular complexity index is 337. The van der Waals surface area contributed by atoms with Crippen molar-refractivity contribution in [3.8, 4) is 0 Å². The van der Waals surface area contributed by atoms with Gasteiger partial charge < -0.3 is 11.1 Å². The Balaban J connectivity index is 2.96. The van der Waals surface area contributed by atoms with Crippen LogP contribution in [0.2, 0.25) is 0 Å². The fraction of sp³-hybridized carbons (Fsp3) is 0.167. The molecule has 0 aliphatic rings. The summed E-state index contributed by atoms with van der Waals surface area (Å²) < 4.78 is 0. The van der Waals surface area contributed by atoms with E-state index in [2.05, 4.69) is 17.4 Å². The first-order valence-corrected chi connectivity index (χ1v) is 4.64. The van der Waals surface area contributed by atoms with Gasteiger partial charge in [-0.2, -0.15) is 0 Å². The molecular weight excluding hydrogens is 172 g/mol. The van der Waals surface area contributed by atoms with Crippen molar-refractivity contribution in [2.45, 2.75) is 6.92 Å². The van der Waals surface area contributed by atoms with Gasteiger partial charge in [0.15, 0.2) is 0 Å². The van der Waals surface area contributed by atoms with Gasteiger partial charge in [-0.15, -0.1) is 0 Å². The Kier molecular flexibility index (Phi) is 3.80. The summed E-state index contributed by atoms with van der Waals surface area (Å²) in [5.41, 5.74) is 7.99. The van der Waals surface area contributed by atoms with E-state index in [0.717, 1.165) is 5.57 Å². The van der Waals surface area contributed by atoms with Crippen molar-refractivity contribution in [2.24, 2.45) is 5.73 Å². The molecule has 1 rings (SSSR count). The molecule has 0 heterocycles. The Labute approximate surface area is 85.1 Å². The minimum Gasteiger partial charge on any atom is -0.386 e. The van der Waals surface area contributed by atoms with Crippen LogP contribution < -0.4 is 11.1 Å². The molecule has 2 heteroatoms. The van der Waals surface area contributed by atoms with E-state index >= 15 is 0 Å². The predicted octanol–water partition coefficient (Wildman–Crippen LogP) is 2.11. The van der Waals surface area contributed by atoms with Gasteiger partial charge in [-0.3, -0.25) is 0 Å². The van der Waals surface area contributed by atoms with Crippen LogP contribution in [-0.2, 0) is 0 Å². The maximum Gasteiger partial charge on any atom is 0.0963 e. The summed E-state index contributed by atoms with van der Waals surface area (Å²) in [6.07, 6.45) is 3.97. The molecule has 1 aromatic rings. The van der Waals surface area contributed by atoms with Crippen LogP contribution in [0.15, 0.2) is 48.3 Å². The SMILES string of the molecule is C/C=C(\C=C(\N)NC)c1ccccc1. The fourth-order valence-electron chi connectivity index (χ4n) is 1.20. The zero-order valence-electron chi connectivity index (χ0n) is 8.62. The van der Waals surface area contributed by atoms with Gasteiger partial charge in [0, 0.05) is 7.05 Å². The number of hydrogen-bond donors (Lipinski definition) is 2. The van der Waals surface area contributed by atoms with E-state index in [1.54, 1.807) is 0 Å². The van der Waals surface area contributed by atoms with Crippen LogP contribution in [0.4, 0.5) is 0 Å². The highest BCUT2D eigenvalue weighted by Crippen LogP contribution is 2.15. The summed E-state index contributed by atoms with van der Waals surface area (Å²) in [5, 5.41) is 2.90. The number of rotatable bonds is 3. The maximum absolute atomic E-state index is 5.70. The molecule has 0 fully saturated rings. The van der Waals surface area contributed by atoms with Crippen molar-refractivity contribution < 1.29 is 0 Å². The minimum absolute atomic E-state index is 0.668. The van der Waals surface area contributed by atoms with E-state index in [9.17, 15) is 0 Å². The summed E-state index contributed by atoms with van der Waals surface area (Å²) in [4.78, 5) is 0. The first-order chi connectivity index (χ1) is 6.77. The molecule has 0 unspecified atom stereocenters. The molecule has 2 nitrogen and oxygen atoms in total. The fourth-order valence-corrected chi connectivity index (χ4v) is 1.20. The molecule has 3 N–H and O–H groups in total. The van der Waals surface area contributed by atoms with Crippen molar-refractivity contribution in [3.05, 3.63) is 53.9 Å². The molecule has 0 radical (unpaired) electrons. The van der Waals surface area contributed by atoms with Crippen molar-refractivity contribution in [2.75, 3.05) is 7.05 Å². The molecule has 0 aromatic heterocycles. The van der Waals surface area contributed by atoms with E-state index in [-0.39, 0.29) is 0 Å². The molecular formula is C12H16N2. The van der Waals surface area contributed by atoms with Gasteiger partial charge >= 0.3 is 0 Å². The second kappa shape index (κ2) is 5.12. The third-order valence-corrected chi connectivity index (χ3v) is 2.02. The van der Waals surface area contributed by atoms with Crippen LogP contribution in [0.25, 0.3) is 5.57 Å². The Morgan fingerprint density at radius 2 is 1.93 bits per heavy atom. The minimum atomic E-state index is 0.668. The number of nitrogens with two attached hydrogens (primary N) is 1. The smallest absolute Gasteiger partial charge is 0.0963 e. The van der Waals surface area contributed by atoms with Crippen LogP contribution in [0.3, 0.4) is 0 Å². The van der Waals surface area contributed by atoms with Crippen LogP contribution in [0, 0.1) is 0 Å². The van der Waals surface area contributed by atoms with E-state index in [4.69, 9.17) is 5.73 Å². The number of nitrogens with one attached hydrogen (secondary N) is 1. The molecule has 0 amide bonds. The van der Waals surface area contributed by atoms with E-state index in [1.165, 1.54) is 5.56 Å². The van der Waals surface area contributed by atoms with Gasteiger partial charge in [-0.25, -0.2) is 0 Å². The van der Waals surface area contributed by atoms with Crippen molar-refractivity contribution in [1.29, 1.82) is 0 Å². The summed E-state index contributed by atoms with van der Waals surface area (Å²) in [7, 11) is 1.81. The van der Waals surface area contributed by atoms with Crippen molar-refractivity contribution >= 4 is 5.57 Å². The summed E-state index contributed by atoms with van der Waals surface area (Å²) >= 11 is 0. The van der Waals surface area contributed by atoms with E-state index in [1.807, 2.05) is 44.3 Å². The average molecular weight is 188 g/mol. The lowest BCUT2D eigenvalue weighted by Gasteiger charge is -2.04.